The van der Waals surface area contributed by atoms with Gasteiger partial charge in [-0.05, 0) is 43.2 Å². The smallest absolute Gasteiger partial charge is 0.261 e. The molecule has 156 valence electrons. The van der Waals surface area contributed by atoms with Crippen molar-refractivity contribution in [2.75, 3.05) is 20.6 Å². The van der Waals surface area contributed by atoms with E-state index < -0.39 is 0 Å². The zero-order valence-corrected chi connectivity index (χ0v) is 17.4. The molecular formula is C23H25N3O4. The van der Waals surface area contributed by atoms with Crippen LogP contribution in [0.3, 0.4) is 0 Å². The van der Waals surface area contributed by atoms with Crippen LogP contribution in [0.25, 0.3) is 0 Å². The van der Waals surface area contributed by atoms with Gasteiger partial charge in [0.2, 0.25) is 5.91 Å². The maximum Gasteiger partial charge on any atom is 0.261 e. The van der Waals surface area contributed by atoms with Crippen molar-refractivity contribution in [1.29, 1.82) is 0 Å². The molecular weight excluding hydrogens is 382 g/mol. The third kappa shape index (κ3) is 4.40. The molecule has 1 aliphatic heterocycles. The SMILES string of the molecule is CNC(=O)c1ccc(CN(C)C(=O)CCCN2C(=O)c3ccc(C)cc3C2=O)cc1. The van der Waals surface area contributed by atoms with Crippen molar-refractivity contribution in [3.8, 4) is 0 Å². The molecule has 1 heterocycles. The highest BCUT2D eigenvalue weighted by molar-refractivity contribution is 6.21. The minimum Gasteiger partial charge on any atom is -0.355 e. The third-order valence-electron chi connectivity index (χ3n) is 5.19. The number of carbonyl (C=O) groups is 4. The van der Waals surface area contributed by atoms with Crippen LogP contribution < -0.4 is 5.32 Å². The summed E-state index contributed by atoms with van der Waals surface area (Å²) in [5.41, 5.74) is 3.26. The van der Waals surface area contributed by atoms with Crippen molar-refractivity contribution in [1.82, 2.24) is 15.1 Å². The predicted octanol–water partition coefficient (Wildman–Crippen LogP) is 2.39. The molecule has 0 unspecified atom stereocenters. The van der Waals surface area contributed by atoms with Crippen LogP contribution in [0.4, 0.5) is 0 Å². The van der Waals surface area contributed by atoms with Crippen LogP contribution in [0.2, 0.25) is 0 Å². The molecule has 2 aromatic rings. The summed E-state index contributed by atoms with van der Waals surface area (Å²) in [6, 6.07) is 12.3. The van der Waals surface area contributed by atoms with E-state index in [1.807, 2.05) is 25.1 Å². The molecule has 1 N–H and O–H groups in total. The topological polar surface area (TPSA) is 86.8 Å². The molecule has 2 aromatic carbocycles. The van der Waals surface area contributed by atoms with Gasteiger partial charge in [-0.15, -0.1) is 0 Å². The largest absolute Gasteiger partial charge is 0.355 e. The van der Waals surface area contributed by atoms with Gasteiger partial charge in [-0.25, -0.2) is 0 Å². The average Bonchev–Trinajstić information content (AvgIpc) is 2.97. The van der Waals surface area contributed by atoms with Crippen LogP contribution in [0.15, 0.2) is 42.5 Å². The van der Waals surface area contributed by atoms with Gasteiger partial charge in [-0.1, -0.05) is 23.8 Å². The number of nitrogens with one attached hydrogen (secondary N) is 1. The van der Waals surface area contributed by atoms with E-state index >= 15 is 0 Å². The number of imide groups is 1. The van der Waals surface area contributed by atoms with Gasteiger partial charge in [-0.3, -0.25) is 24.1 Å². The molecule has 7 heteroatoms. The molecule has 1 aliphatic rings. The van der Waals surface area contributed by atoms with Gasteiger partial charge in [0.15, 0.2) is 0 Å². The second-order valence-electron chi connectivity index (χ2n) is 7.44. The molecule has 4 amide bonds. The average molecular weight is 407 g/mol. The summed E-state index contributed by atoms with van der Waals surface area (Å²) in [7, 11) is 3.28. The molecule has 3 rings (SSSR count). The van der Waals surface area contributed by atoms with Gasteiger partial charge in [0.05, 0.1) is 11.1 Å². The zero-order chi connectivity index (χ0) is 21.8. The van der Waals surface area contributed by atoms with Crippen LogP contribution in [-0.2, 0) is 11.3 Å². The highest BCUT2D eigenvalue weighted by Gasteiger charge is 2.35. The second-order valence-corrected chi connectivity index (χ2v) is 7.44. The number of carbonyl (C=O) groups excluding carboxylic acids is 4. The van der Waals surface area contributed by atoms with E-state index in [-0.39, 0.29) is 36.6 Å². The molecule has 0 atom stereocenters. The second kappa shape index (κ2) is 8.90. The van der Waals surface area contributed by atoms with Gasteiger partial charge >= 0.3 is 0 Å². The Hall–Kier alpha value is -3.48. The molecule has 7 nitrogen and oxygen atoms in total. The van der Waals surface area contributed by atoms with Gasteiger partial charge in [0.1, 0.15) is 0 Å². The third-order valence-corrected chi connectivity index (χ3v) is 5.19. The number of hydrogen-bond acceptors (Lipinski definition) is 4. The lowest BCUT2D eigenvalue weighted by molar-refractivity contribution is -0.130. The lowest BCUT2D eigenvalue weighted by atomic mass is 10.1. The minimum atomic E-state index is -0.299. The highest BCUT2D eigenvalue weighted by atomic mass is 16.2. The van der Waals surface area contributed by atoms with E-state index in [1.165, 1.54) is 4.90 Å². The summed E-state index contributed by atoms with van der Waals surface area (Å²) in [6.07, 6.45) is 0.641. The first-order valence-corrected chi connectivity index (χ1v) is 9.83. The molecule has 0 spiro atoms. The van der Waals surface area contributed by atoms with Crippen molar-refractivity contribution in [2.45, 2.75) is 26.3 Å². The minimum absolute atomic E-state index is 0.0715. The van der Waals surface area contributed by atoms with Crippen LogP contribution in [0.1, 0.15) is 55.0 Å². The van der Waals surface area contributed by atoms with E-state index in [4.69, 9.17) is 0 Å². The summed E-state index contributed by atoms with van der Waals surface area (Å²) in [6.45, 7) is 2.51. The van der Waals surface area contributed by atoms with Crippen molar-refractivity contribution in [3.63, 3.8) is 0 Å². The van der Waals surface area contributed by atoms with Crippen LogP contribution in [0, 0.1) is 6.92 Å². The van der Waals surface area contributed by atoms with Gasteiger partial charge in [0, 0.05) is 39.2 Å². The van der Waals surface area contributed by atoms with E-state index in [2.05, 4.69) is 5.32 Å². The standard InChI is InChI=1S/C23H25N3O4/c1-15-6-11-18-19(13-15)23(30)26(22(18)29)12-4-5-20(27)25(3)14-16-7-9-17(10-8-16)21(28)24-2/h6-11,13H,4-5,12,14H2,1-3H3,(H,24,28). The molecule has 0 aliphatic carbocycles. The Morgan fingerprint density at radius 3 is 2.33 bits per heavy atom. The van der Waals surface area contributed by atoms with E-state index in [1.54, 1.807) is 43.3 Å². The van der Waals surface area contributed by atoms with Crippen LogP contribution in [-0.4, -0.2) is 54.1 Å². The van der Waals surface area contributed by atoms with Crippen molar-refractivity contribution in [2.24, 2.45) is 0 Å². The van der Waals surface area contributed by atoms with Crippen molar-refractivity contribution >= 4 is 23.6 Å². The zero-order valence-electron chi connectivity index (χ0n) is 17.4. The fraction of sp³-hybridized carbons (Fsp3) is 0.304. The lowest BCUT2D eigenvalue weighted by Gasteiger charge is -2.19. The quantitative estimate of drug-likeness (QED) is 0.714. The molecule has 30 heavy (non-hydrogen) atoms. The monoisotopic (exact) mass is 407 g/mol. The molecule has 0 bridgehead atoms. The lowest BCUT2D eigenvalue weighted by Crippen LogP contribution is -2.32. The summed E-state index contributed by atoms with van der Waals surface area (Å²) in [4.78, 5) is 51.8. The molecule has 0 aromatic heterocycles. The molecule has 0 fully saturated rings. The fourth-order valence-electron chi connectivity index (χ4n) is 3.45. The fourth-order valence-corrected chi connectivity index (χ4v) is 3.45. The van der Waals surface area contributed by atoms with Crippen LogP contribution in [0.5, 0.6) is 0 Å². The number of rotatable bonds is 7. The first-order chi connectivity index (χ1) is 14.3. The van der Waals surface area contributed by atoms with E-state index in [0.29, 0.717) is 29.7 Å². The molecule has 0 saturated carbocycles. The number of nitrogens with zero attached hydrogens (tertiary/aromatic N) is 2. The number of amides is 4. The summed E-state index contributed by atoms with van der Waals surface area (Å²) >= 11 is 0. The van der Waals surface area contributed by atoms with Crippen molar-refractivity contribution < 1.29 is 19.2 Å². The molecule has 0 saturated heterocycles. The normalized spacial score (nSPS) is 12.7. The Morgan fingerprint density at radius 2 is 1.67 bits per heavy atom. The summed E-state index contributed by atoms with van der Waals surface area (Å²) in [5.74, 6) is -0.824. The number of hydrogen-bond donors (Lipinski definition) is 1. The number of aryl methyl sites for hydroxylation is 1. The maximum atomic E-state index is 12.5. The first kappa shape index (κ1) is 21.2. The highest BCUT2D eigenvalue weighted by Crippen LogP contribution is 2.24. The number of benzene rings is 2. The Kier molecular flexibility index (Phi) is 6.30. The Labute approximate surface area is 175 Å². The van der Waals surface area contributed by atoms with E-state index in [9.17, 15) is 19.2 Å². The first-order valence-electron chi connectivity index (χ1n) is 9.83. The summed E-state index contributed by atoms with van der Waals surface area (Å²) < 4.78 is 0. The molecule has 0 radical (unpaired) electrons. The van der Waals surface area contributed by atoms with Gasteiger partial charge in [0.25, 0.3) is 17.7 Å². The van der Waals surface area contributed by atoms with Crippen molar-refractivity contribution in [3.05, 3.63) is 70.3 Å². The Morgan fingerprint density at radius 1 is 1.00 bits per heavy atom. The van der Waals surface area contributed by atoms with Crippen LogP contribution >= 0.6 is 0 Å². The van der Waals surface area contributed by atoms with Gasteiger partial charge < -0.3 is 10.2 Å². The predicted molar refractivity (Wildman–Crippen MR) is 112 cm³/mol. The van der Waals surface area contributed by atoms with E-state index in [0.717, 1.165) is 11.1 Å². The number of fused-ring (bicyclic) bond motifs is 1. The Balaban J connectivity index is 1.50. The Bertz CT molecular complexity index is 998. The van der Waals surface area contributed by atoms with Gasteiger partial charge in [-0.2, -0.15) is 0 Å². The maximum absolute atomic E-state index is 12.5. The summed E-state index contributed by atoms with van der Waals surface area (Å²) in [5, 5.41) is 2.57.